The van der Waals surface area contributed by atoms with E-state index in [4.69, 9.17) is 9.47 Å². The van der Waals surface area contributed by atoms with Gasteiger partial charge in [0.2, 0.25) is 17.7 Å². The maximum atomic E-state index is 15.0. The largest absolute Gasteiger partial charge is 0.493 e. The molecule has 12 nitrogen and oxygen atoms in total. The fourth-order valence-electron chi connectivity index (χ4n) is 8.68. The van der Waals surface area contributed by atoms with Gasteiger partial charge in [0.1, 0.15) is 17.8 Å². The van der Waals surface area contributed by atoms with E-state index in [-0.39, 0.29) is 54.3 Å². The summed E-state index contributed by atoms with van der Waals surface area (Å²) in [7, 11) is 0. The fourth-order valence-corrected chi connectivity index (χ4v) is 8.68. The van der Waals surface area contributed by atoms with Crippen LogP contribution < -0.4 is 15.4 Å². The number of rotatable bonds is 11. The van der Waals surface area contributed by atoms with Crippen molar-refractivity contribution in [2.24, 2.45) is 17.8 Å². The Balaban J connectivity index is 1.26. The maximum absolute atomic E-state index is 15.0. The molecule has 0 radical (unpaired) electrons. The highest BCUT2D eigenvalue weighted by atomic mass is 16.5. The lowest BCUT2D eigenvalue weighted by molar-refractivity contribution is -0.150. The molecule has 0 bridgehead atoms. The van der Waals surface area contributed by atoms with Gasteiger partial charge < -0.3 is 35.0 Å². The van der Waals surface area contributed by atoms with Crippen molar-refractivity contribution >= 4 is 23.8 Å². The van der Waals surface area contributed by atoms with Crippen LogP contribution >= 0.6 is 0 Å². The van der Waals surface area contributed by atoms with E-state index in [1.807, 2.05) is 52.0 Å². The number of benzene rings is 1. The predicted octanol–water partition coefficient (Wildman–Crippen LogP) is 4.19. The molecule has 0 unspecified atom stereocenters. The molecule has 5 aliphatic rings. The molecule has 6 atom stereocenters. The van der Waals surface area contributed by atoms with Gasteiger partial charge in [0.15, 0.2) is 0 Å². The van der Waals surface area contributed by atoms with E-state index >= 15 is 0 Å². The summed E-state index contributed by atoms with van der Waals surface area (Å²) in [4.78, 5) is 61.2. The number of carbonyl (C=O) groups is 4. The van der Waals surface area contributed by atoms with Gasteiger partial charge in [0.05, 0.1) is 24.7 Å². The maximum Gasteiger partial charge on any atom is 0.407 e. The summed E-state index contributed by atoms with van der Waals surface area (Å²) in [6.45, 7) is 10.2. The lowest BCUT2D eigenvalue weighted by Gasteiger charge is -2.45. The molecule has 12 heteroatoms. The van der Waals surface area contributed by atoms with Gasteiger partial charge in [-0.1, -0.05) is 37.5 Å². The first-order valence-electron chi connectivity index (χ1n) is 18.9. The Morgan fingerprint density at radius 3 is 2.42 bits per heavy atom. The monoisotopic (exact) mass is 695 g/mol. The summed E-state index contributed by atoms with van der Waals surface area (Å²) in [6, 6.07) is 6.05. The zero-order chi connectivity index (χ0) is 35.6. The minimum atomic E-state index is -1.06. The van der Waals surface area contributed by atoms with Crippen LogP contribution in [-0.2, 0) is 19.1 Å². The number of hydrogen-bond donors (Lipinski definition) is 3. The highest BCUT2D eigenvalue weighted by molar-refractivity contribution is 5.93. The second-order valence-electron chi connectivity index (χ2n) is 16.1. The molecule has 6 rings (SSSR count). The molecule has 4 amide bonds. The molecule has 4 fully saturated rings. The number of nitrogens with one attached hydrogen (secondary N) is 2. The average molecular weight is 696 g/mol. The van der Waals surface area contributed by atoms with E-state index in [1.165, 1.54) is 4.90 Å². The van der Waals surface area contributed by atoms with Gasteiger partial charge in [-0.3, -0.25) is 19.3 Å². The molecule has 2 saturated heterocycles. The minimum absolute atomic E-state index is 0.0410. The summed E-state index contributed by atoms with van der Waals surface area (Å²) in [5, 5.41) is 16.5. The van der Waals surface area contributed by atoms with E-state index < -0.39 is 29.6 Å². The van der Waals surface area contributed by atoms with Gasteiger partial charge >= 0.3 is 6.09 Å². The predicted molar refractivity (Wildman–Crippen MR) is 188 cm³/mol. The summed E-state index contributed by atoms with van der Waals surface area (Å²) in [5.41, 5.74) is 0.254. The van der Waals surface area contributed by atoms with Crippen LogP contribution in [-0.4, -0.2) is 113 Å². The van der Waals surface area contributed by atoms with E-state index in [0.29, 0.717) is 39.3 Å². The molecule has 1 aromatic carbocycles. The number of carboxylic acid groups (broad SMARTS) is 1. The topological polar surface area (TPSA) is 141 Å². The van der Waals surface area contributed by atoms with E-state index in [9.17, 15) is 24.3 Å². The van der Waals surface area contributed by atoms with E-state index in [2.05, 4.69) is 15.5 Å². The van der Waals surface area contributed by atoms with Crippen LogP contribution in [0.4, 0.5) is 4.79 Å². The first-order chi connectivity index (χ1) is 23.9. The van der Waals surface area contributed by atoms with Crippen molar-refractivity contribution in [2.75, 3.05) is 39.4 Å². The summed E-state index contributed by atoms with van der Waals surface area (Å²) in [5.74, 6) is -0.430. The van der Waals surface area contributed by atoms with Crippen LogP contribution in [0.15, 0.2) is 24.3 Å². The van der Waals surface area contributed by atoms with Gasteiger partial charge in [-0.15, -0.1) is 0 Å². The minimum Gasteiger partial charge on any atom is -0.493 e. The molecule has 0 aromatic heterocycles. The average Bonchev–Trinajstić information content (AvgIpc) is 3.85. The number of carbonyl (C=O) groups excluding carboxylic acids is 3. The number of hydrogen-bond acceptors (Lipinski definition) is 7. The summed E-state index contributed by atoms with van der Waals surface area (Å²) < 4.78 is 11.9. The third-order valence-electron chi connectivity index (χ3n) is 11.6. The molecule has 2 aliphatic carbocycles. The van der Waals surface area contributed by atoms with Gasteiger partial charge in [0.25, 0.3) is 0 Å². The molecule has 3 aliphatic heterocycles. The van der Waals surface area contributed by atoms with Gasteiger partial charge in [-0.05, 0) is 77.7 Å². The highest BCUT2D eigenvalue weighted by Gasteiger charge is 2.49. The Hall–Kier alpha value is -3.38. The normalized spacial score (nSPS) is 26.9. The van der Waals surface area contributed by atoms with Gasteiger partial charge in [-0.25, -0.2) is 4.79 Å². The second kappa shape index (κ2) is 15.5. The zero-order valence-electron chi connectivity index (χ0n) is 30.3. The molecule has 3 heterocycles. The first kappa shape index (κ1) is 36.4. The third-order valence-corrected chi connectivity index (χ3v) is 11.6. The lowest BCUT2D eigenvalue weighted by atomic mass is 9.82. The van der Waals surface area contributed by atoms with Gasteiger partial charge in [-0.2, -0.15) is 0 Å². The standard InChI is InChI=1S/C38H57N5O7/c1-5-49-27-19-26-20-42(31(23-41(26)21-27)35(45)39-30-17-18-50-32-14-10-9-13-28(30)32)36(46)33(25-11-7-6-8-12-25)40-34(44)29(24-15-16-24)22-43(37(47)48)38(2,3)4/h9-10,13-14,24-27,29-31,33H,5-8,11-12,15-23H2,1-4H3,(H,39,45)(H,40,44)(H,47,48)/t26-,27-,29-,30-,31+,33+/m1/s1. The molecule has 50 heavy (non-hydrogen) atoms. The SMILES string of the molecule is CCO[C@@H]1C[C@@H]2CN(C(=O)[C@@H](NC(=O)[C@H](CN(C(=O)O)C(C)(C)C)C3CC3)C3CCCCC3)[C@H](C(=O)N[C@@H]3CCOc4ccccc43)CN2C1. The van der Waals surface area contributed by atoms with Crippen molar-refractivity contribution in [3.63, 3.8) is 0 Å². The molecular formula is C38H57N5O7. The van der Waals surface area contributed by atoms with E-state index in [0.717, 1.165) is 62.7 Å². The van der Waals surface area contributed by atoms with Crippen molar-refractivity contribution in [1.82, 2.24) is 25.3 Å². The number of nitrogens with zero attached hydrogens (tertiary/aromatic N) is 3. The van der Waals surface area contributed by atoms with Crippen LogP contribution in [0.2, 0.25) is 0 Å². The second-order valence-corrected chi connectivity index (χ2v) is 16.1. The Morgan fingerprint density at radius 2 is 1.74 bits per heavy atom. The first-order valence-corrected chi connectivity index (χ1v) is 18.9. The Kier molecular flexibility index (Phi) is 11.3. The smallest absolute Gasteiger partial charge is 0.407 e. The van der Waals surface area contributed by atoms with Crippen LogP contribution in [0.25, 0.3) is 0 Å². The Labute approximate surface area is 296 Å². The Morgan fingerprint density at radius 1 is 1.00 bits per heavy atom. The van der Waals surface area contributed by atoms with Crippen LogP contribution in [0.1, 0.15) is 97.1 Å². The van der Waals surface area contributed by atoms with Crippen molar-refractivity contribution in [2.45, 2.75) is 121 Å². The van der Waals surface area contributed by atoms with Crippen LogP contribution in [0.5, 0.6) is 5.75 Å². The molecule has 0 spiro atoms. The quantitative estimate of drug-likeness (QED) is 0.313. The zero-order valence-corrected chi connectivity index (χ0v) is 30.3. The number of para-hydroxylation sites is 1. The summed E-state index contributed by atoms with van der Waals surface area (Å²) >= 11 is 0. The molecule has 276 valence electrons. The van der Waals surface area contributed by atoms with Crippen molar-refractivity contribution in [3.05, 3.63) is 29.8 Å². The van der Waals surface area contributed by atoms with Crippen molar-refractivity contribution in [3.8, 4) is 5.75 Å². The Bertz CT molecular complexity index is 1390. The van der Waals surface area contributed by atoms with Crippen LogP contribution in [0, 0.1) is 17.8 Å². The van der Waals surface area contributed by atoms with Gasteiger partial charge in [0, 0.05) is 56.4 Å². The molecule has 1 aromatic rings. The van der Waals surface area contributed by atoms with Crippen molar-refractivity contribution in [1.29, 1.82) is 0 Å². The molecule has 2 saturated carbocycles. The molecule has 3 N–H and O–H groups in total. The number of fused-ring (bicyclic) bond motifs is 2. The fraction of sp³-hybridized carbons (Fsp3) is 0.737. The third kappa shape index (κ3) is 8.22. The van der Waals surface area contributed by atoms with Crippen molar-refractivity contribution < 1.29 is 33.8 Å². The van der Waals surface area contributed by atoms with Crippen LogP contribution in [0.3, 0.4) is 0 Å². The lowest BCUT2D eigenvalue weighted by Crippen LogP contribution is -2.66. The number of amides is 4. The number of ether oxygens (including phenoxy) is 2. The summed E-state index contributed by atoms with van der Waals surface area (Å²) in [6.07, 6.45) is 6.80. The number of piperazine rings is 1. The molecular weight excluding hydrogens is 638 g/mol. The highest BCUT2D eigenvalue weighted by Crippen LogP contribution is 2.39. The van der Waals surface area contributed by atoms with E-state index in [1.54, 1.807) is 4.90 Å².